The van der Waals surface area contributed by atoms with Crippen molar-refractivity contribution in [1.29, 1.82) is 0 Å². The molecular weight excluding hydrogens is 386 g/mol. The molecule has 2 heterocycles. The van der Waals surface area contributed by atoms with Crippen molar-refractivity contribution in [1.82, 2.24) is 4.98 Å². The van der Waals surface area contributed by atoms with Gasteiger partial charge < -0.3 is 4.74 Å². The number of aryl methyl sites for hydroxylation is 1. The minimum absolute atomic E-state index is 0.0368. The minimum Gasteiger partial charge on any atom is -0.497 e. The van der Waals surface area contributed by atoms with Crippen LogP contribution < -0.4 is 10.1 Å². The first-order valence-electron chi connectivity index (χ1n) is 7.81. The summed E-state index contributed by atoms with van der Waals surface area (Å²) in [7, 11) is 1.61. The summed E-state index contributed by atoms with van der Waals surface area (Å²) >= 11 is 2.39. The van der Waals surface area contributed by atoms with Crippen LogP contribution in [0, 0.1) is 17.0 Å². The van der Waals surface area contributed by atoms with Crippen molar-refractivity contribution in [3.63, 3.8) is 0 Å². The van der Waals surface area contributed by atoms with Crippen LogP contribution in [-0.2, 0) is 4.79 Å². The monoisotopic (exact) mass is 401 g/mol. The molecular formula is C18H15N3O4S2. The molecule has 138 valence electrons. The lowest BCUT2D eigenvalue weighted by Crippen LogP contribution is -2.07. The summed E-state index contributed by atoms with van der Waals surface area (Å²) in [6.45, 7) is 1.94. The molecule has 0 unspecified atom stereocenters. The van der Waals surface area contributed by atoms with Crippen LogP contribution >= 0.6 is 22.7 Å². The molecule has 0 aliphatic carbocycles. The summed E-state index contributed by atoms with van der Waals surface area (Å²) in [5.74, 6) is 0.417. The molecule has 0 radical (unpaired) electrons. The van der Waals surface area contributed by atoms with Crippen molar-refractivity contribution in [2.75, 3.05) is 12.4 Å². The zero-order valence-corrected chi connectivity index (χ0v) is 16.1. The first kappa shape index (κ1) is 18.7. The van der Waals surface area contributed by atoms with Gasteiger partial charge in [0.2, 0.25) is 5.91 Å². The molecule has 0 saturated carbocycles. The van der Waals surface area contributed by atoms with E-state index >= 15 is 0 Å². The van der Waals surface area contributed by atoms with Gasteiger partial charge in [0, 0.05) is 27.5 Å². The van der Waals surface area contributed by atoms with E-state index in [0.29, 0.717) is 10.0 Å². The van der Waals surface area contributed by atoms with Crippen molar-refractivity contribution in [2.24, 2.45) is 0 Å². The van der Waals surface area contributed by atoms with Crippen LogP contribution in [0.4, 0.5) is 10.1 Å². The molecule has 9 heteroatoms. The Labute approximate surface area is 163 Å². The van der Waals surface area contributed by atoms with Crippen molar-refractivity contribution >= 4 is 44.8 Å². The fraction of sp³-hybridized carbons (Fsp3) is 0.111. The van der Waals surface area contributed by atoms with Crippen LogP contribution in [0.2, 0.25) is 0 Å². The summed E-state index contributed by atoms with van der Waals surface area (Å²) in [4.78, 5) is 28.4. The maximum atomic E-state index is 12.1. The van der Waals surface area contributed by atoms with E-state index in [-0.39, 0.29) is 10.9 Å². The Bertz CT molecular complexity index is 1010. The van der Waals surface area contributed by atoms with Crippen LogP contribution in [0.15, 0.2) is 42.5 Å². The maximum Gasteiger partial charge on any atom is 0.324 e. The third kappa shape index (κ3) is 4.57. The summed E-state index contributed by atoms with van der Waals surface area (Å²) in [6, 6.07) is 10.5. The molecule has 0 bridgehead atoms. The number of carbonyl (C=O) groups excluding carboxylic acids is 1. The number of carbonyl (C=O) groups is 1. The van der Waals surface area contributed by atoms with E-state index in [2.05, 4.69) is 10.3 Å². The summed E-state index contributed by atoms with van der Waals surface area (Å²) in [5.41, 5.74) is 1.74. The van der Waals surface area contributed by atoms with Gasteiger partial charge in [-0.3, -0.25) is 20.2 Å². The average molecular weight is 401 g/mol. The van der Waals surface area contributed by atoms with E-state index in [1.54, 1.807) is 13.2 Å². The second-order valence-electron chi connectivity index (χ2n) is 5.41. The Kier molecular flexibility index (Phi) is 5.63. The number of amides is 1. The van der Waals surface area contributed by atoms with E-state index in [4.69, 9.17) is 4.74 Å². The number of thiazole rings is 1. The van der Waals surface area contributed by atoms with Crippen LogP contribution in [0.3, 0.4) is 0 Å². The quantitative estimate of drug-likeness (QED) is 0.365. The number of hydrogen-bond donors (Lipinski definition) is 1. The van der Waals surface area contributed by atoms with Gasteiger partial charge in [0.15, 0.2) is 5.13 Å². The minimum atomic E-state index is -0.457. The number of nitrogens with zero attached hydrogens (tertiary/aromatic N) is 2. The highest BCUT2D eigenvalue weighted by molar-refractivity contribution is 7.16. The molecule has 0 fully saturated rings. The van der Waals surface area contributed by atoms with Gasteiger partial charge in [-0.05, 0) is 43.3 Å². The predicted octanol–water partition coefficient (Wildman–Crippen LogP) is 4.75. The van der Waals surface area contributed by atoms with Crippen LogP contribution in [0.25, 0.3) is 17.3 Å². The average Bonchev–Trinajstić information content (AvgIpc) is 3.27. The molecule has 0 aliphatic rings. The maximum absolute atomic E-state index is 12.1. The zero-order chi connectivity index (χ0) is 19.4. The standard InChI is InChI=1S/C18H15N3O4S2/c1-11-17(12-3-5-13(25-2)6-4-12)20-18(26-11)19-15(22)9-7-14-8-10-16(27-14)21(23)24/h3-10H,1-2H3,(H,19,20,22)/b9-7+. The molecule has 0 aliphatic heterocycles. The molecule has 0 spiro atoms. The number of thiophene rings is 1. The number of nitro groups is 1. The predicted molar refractivity (Wildman–Crippen MR) is 107 cm³/mol. The van der Waals surface area contributed by atoms with E-state index in [0.717, 1.165) is 33.2 Å². The second kappa shape index (κ2) is 8.11. The Morgan fingerprint density at radius 2 is 1.96 bits per heavy atom. The number of nitrogens with one attached hydrogen (secondary N) is 1. The van der Waals surface area contributed by atoms with Gasteiger partial charge in [-0.15, -0.1) is 11.3 Å². The SMILES string of the molecule is COc1ccc(-c2nc(NC(=O)/C=C/c3ccc([N+](=O)[O-])s3)sc2C)cc1. The molecule has 3 aromatic rings. The smallest absolute Gasteiger partial charge is 0.324 e. The van der Waals surface area contributed by atoms with Gasteiger partial charge in [0.1, 0.15) is 5.75 Å². The summed E-state index contributed by atoms with van der Waals surface area (Å²) in [6.07, 6.45) is 2.87. The fourth-order valence-electron chi connectivity index (χ4n) is 2.30. The van der Waals surface area contributed by atoms with Gasteiger partial charge in [0.05, 0.1) is 17.7 Å². The Morgan fingerprint density at radius 3 is 2.59 bits per heavy atom. The number of ether oxygens (including phenoxy) is 1. The number of rotatable bonds is 6. The van der Waals surface area contributed by atoms with Crippen molar-refractivity contribution in [2.45, 2.75) is 6.92 Å². The van der Waals surface area contributed by atoms with Gasteiger partial charge in [-0.1, -0.05) is 11.3 Å². The van der Waals surface area contributed by atoms with Crippen LogP contribution in [-0.4, -0.2) is 22.9 Å². The third-order valence-electron chi connectivity index (χ3n) is 3.58. The summed E-state index contributed by atoms with van der Waals surface area (Å²) < 4.78 is 5.15. The Balaban J connectivity index is 1.69. The topological polar surface area (TPSA) is 94.4 Å². The molecule has 0 atom stereocenters. The largest absolute Gasteiger partial charge is 0.497 e. The molecule has 2 aromatic heterocycles. The zero-order valence-electron chi connectivity index (χ0n) is 14.5. The lowest BCUT2D eigenvalue weighted by Gasteiger charge is -2.01. The van der Waals surface area contributed by atoms with Crippen molar-refractivity contribution in [3.05, 3.63) is 62.3 Å². The second-order valence-corrected chi connectivity index (χ2v) is 7.71. The highest BCUT2D eigenvalue weighted by Crippen LogP contribution is 2.31. The van der Waals surface area contributed by atoms with E-state index in [1.807, 2.05) is 31.2 Å². The Hall–Kier alpha value is -3.04. The molecule has 1 amide bonds. The number of benzene rings is 1. The lowest BCUT2D eigenvalue weighted by molar-refractivity contribution is -0.380. The highest BCUT2D eigenvalue weighted by Gasteiger charge is 2.12. The summed E-state index contributed by atoms with van der Waals surface area (Å²) in [5, 5.41) is 13.9. The number of anilines is 1. The molecule has 1 N–H and O–H groups in total. The Morgan fingerprint density at radius 1 is 1.22 bits per heavy atom. The molecule has 27 heavy (non-hydrogen) atoms. The molecule has 3 rings (SSSR count). The van der Waals surface area contributed by atoms with Crippen molar-refractivity contribution < 1.29 is 14.5 Å². The number of aromatic nitrogens is 1. The van der Waals surface area contributed by atoms with E-state index in [1.165, 1.54) is 29.6 Å². The van der Waals surface area contributed by atoms with Crippen LogP contribution in [0.1, 0.15) is 9.75 Å². The van der Waals surface area contributed by atoms with Crippen LogP contribution in [0.5, 0.6) is 5.75 Å². The molecule has 0 saturated heterocycles. The van der Waals surface area contributed by atoms with Gasteiger partial charge in [-0.25, -0.2) is 4.98 Å². The third-order valence-corrected chi connectivity index (χ3v) is 5.47. The van der Waals surface area contributed by atoms with Gasteiger partial charge in [0.25, 0.3) is 0 Å². The lowest BCUT2D eigenvalue weighted by atomic mass is 10.1. The van der Waals surface area contributed by atoms with E-state index < -0.39 is 4.92 Å². The fourth-order valence-corrected chi connectivity index (χ4v) is 3.86. The first-order chi connectivity index (χ1) is 13.0. The number of hydrogen-bond acceptors (Lipinski definition) is 7. The highest BCUT2D eigenvalue weighted by atomic mass is 32.1. The first-order valence-corrected chi connectivity index (χ1v) is 9.44. The molecule has 7 nitrogen and oxygen atoms in total. The normalized spacial score (nSPS) is 10.9. The van der Waals surface area contributed by atoms with Crippen molar-refractivity contribution in [3.8, 4) is 17.0 Å². The van der Waals surface area contributed by atoms with Gasteiger partial charge in [-0.2, -0.15) is 0 Å². The van der Waals surface area contributed by atoms with E-state index in [9.17, 15) is 14.9 Å². The molecule has 1 aromatic carbocycles. The van der Waals surface area contributed by atoms with Gasteiger partial charge >= 0.3 is 5.00 Å². The number of methoxy groups -OCH3 is 1.